The lowest BCUT2D eigenvalue weighted by atomic mass is 9.75. The Bertz CT molecular complexity index is 1480. The Morgan fingerprint density at radius 1 is 0.975 bits per heavy atom. The predicted octanol–water partition coefficient (Wildman–Crippen LogP) is 8.19. The zero-order valence-corrected chi connectivity index (χ0v) is 23.4. The molecule has 4 nitrogen and oxygen atoms in total. The molecule has 3 atom stereocenters. The van der Waals surface area contributed by atoms with Crippen molar-refractivity contribution >= 4 is 5.97 Å². The summed E-state index contributed by atoms with van der Waals surface area (Å²) < 4.78 is 42.3. The largest absolute Gasteiger partial charge is 0.497 e. The topological polar surface area (TPSA) is 55.8 Å². The summed E-state index contributed by atoms with van der Waals surface area (Å²) >= 11 is 0. The SMILES string of the molecule is COc1ccc(F)c(-c2cc(F)c(COc3ccc4c(c3)[C@]3(CCC4)C[C@H]3C(=O)O)cc2[C@@H]2CCCC2(C)C)c1. The second kappa shape index (κ2) is 9.90. The maximum Gasteiger partial charge on any atom is 0.307 e. The molecule has 3 aliphatic carbocycles. The Balaban J connectivity index is 1.34. The standard InChI is InChI=1S/C34H36F2O4/c1-33(2)12-5-7-27(33)25-14-21(31(36)17-24(25)26-15-22(39-3)10-11-30(26)35)19-40-23-9-8-20-6-4-13-34(28(20)16-23)18-29(34)32(37)38/h8-11,14-17,27,29H,4-7,12-13,18-19H2,1-3H3,(H,37,38)/t27-,29-,34-/m0/s1. The van der Waals surface area contributed by atoms with Gasteiger partial charge in [0.25, 0.3) is 0 Å². The zero-order chi connectivity index (χ0) is 28.2. The van der Waals surface area contributed by atoms with Gasteiger partial charge in [0.15, 0.2) is 0 Å². The summed E-state index contributed by atoms with van der Waals surface area (Å²) in [5, 5.41) is 9.65. The molecule has 1 spiro atoms. The minimum absolute atomic E-state index is 0.00218. The third kappa shape index (κ3) is 4.55. The first-order valence-electron chi connectivity index (χ1n) is 14.3. The van der Waals surface area contributed by atoms with Crippen molar-refractivity contribution in [1.29, 1.82) is 0 Å². The zero-order valence-electron chi connectivity index (χ0n) is 23.4. The van der Waals surface area contributed by atoms with E-state index in [1.807, 2.05) is 24.3 Å². The normalized spacial score (nSPS) is 24.5. The summed E-state index contributed by atoms with van der Waals surface area (Å²) in [6.07, 6.45) is 6.53. The average molecular weight is 547 g/mol. The number of hydrogen-bond donors (Lipinski definition) is 1. The van der Waals surface area contributed by atoms with E-state index in [1.165, 1.54) is 24.8 Å². The lowest BCUT2D eigenvalue weighted by molar-refractivity contribution is -0.139. The van der Waals surface area contributed by atoms with Gasteiger partial charge in [-0.2, -0.15) is 0 Å². The van der Waals surface area contributed by atoms with Crippen LogP contribution in [-0.2, 0) is 23.2 Å². The van der Waals surface area contributed by atoms with E-state index in [9.17, 15) is 9.90 Å². The Morgan fingerprint density at radius 2 is 1.77 bits per heavy atom. The highest BCUT2D eigenvalue weighted by molar-refractivity contribution is 5.78. The number of carboxylic acids is 1. The van der Waals surface area contributed by atoms with Crippen LogP contribution < -0.4 is 9.47 Å². The summed E-state index contributed by atoms with van der Waals surface area (Å²) in [5.41, 5.74) is 4.20. The van der Waals surface area contributed by atoms with Gasteiger partial charge >= 0.3 is 5.97 Å². The Labute approximate surface area is 234 Å². The number of carboxylic acid groups (broad SMARTS) is 1. The first-order chi connectivity index (χ1) is 19.1. The highest BCUT2D eigenvalue weighted by atomic mass is 19.1. The van der Waals surface area contributed by atoms with Gasteiger partial charge in [-0.05, 0) is 115 Å². The lowest BCUT2D eigenvalue weighted by Gasteiger charge is -2.30. The smallest absolute Gasteiger partial charge is 0.307 e. The molecular weight excluding hydrogens is 510 g/mol. The quantitative estimate of drug-likeness (QED) is 0.325. The van der Waals surface area contributed by atoms with Crippen molar-refractivity contribution < 1.29 is 28.2 Å². The number of fused-ring (bicyclic) bond motifs is 2. The molecule has 210 valence electrons. The highest BCUT2D eigenvalue weighted by Gasteiger charge is 2.60. The molecule has 6 rings (SSSR count). The summed E-state index contributed by atoms with van der Waals surface area (Å²) in [7, 11) is 1.53. The number of ether oxygens (including phenoxy) is 2. The molecule has 40 heavy (non-hydrogen) atoms. The Hall–Kier alpha value is -3.41. The molecule has 0 heterocycles. The number of rotatable bonds is 7. The van der Waals surface area contributed by atoms with Crippen molar-refractivity contribution in [1.82, 2.24) is 0 Å². The van der Waals surface area contributed by atoms with Crippen molar-refractivity contribution in [3.05, 3.63) is 82.4 Å². The van der Waals surface area contributed by atoms with Crippen molar-refractivity contribution in [3.8, 4) is 22.6 Å². The molecule has 0 amide bonds. The molecule has 1 N–H and O–H groups in total. The van der Waals surface area contributed by atoms with Gasteiger partial charge in [-0.25, -0.2) is 8.78 Å². The van der Waals surface area contributed by atoms with Crippen molar-refractivity contribution in [2.45, 2.75) is 76.7 Å². The Morgan fingerprint density at radius 3 is 2.48 bits per heavy atom. The molecule has 3 aliphatic rings. The highest BCUT2D eigenvalue weighted by Crippen LogP contribution is 2.61. The van der Waals surface area contributed by atoms with Crippen LogP contribution in [0.4, 0.5) is 8.78 Å². The predicted molar refractivity (Wildman–Crippen MR) is 150 cm³/mol. The summed E-state index contributed by atoms with van der Waals surface area (Å²) in [6.45, 7) is 4.48. The van der Waals surface area contributed by atoms with E-state index < -0.39 is 17.6 Å². The first kappa shape index (κ1) is 26.8. The number of carbonyl (C=O) groups is 1. The second-order valence-electron chi connectivity index (χ2n) is 12.5. The molecule has 0 saturated heterocycles. The van der Waals surface area contributed by atoms with Gasteiger partial charge in [0.05, 0.1) is 13.0 Å². The van der Waals surface area contributed by atoms with Gasteiger partial charge in [-0.1, -0.05) is 26.3 Å². The number of hydrogen-bond acceptors (Lipinski definition) is 3. The van der Waals surface area contributed by atoms with Crippen LogP contribution in [0.25, 0.3) is 11.1 Å². The number of aryl methyl sites for hydroxylation is 1. The Kier molecular flexibility index (Phi) is 6.63. The van der Waals surface area contributed by atoms with Gasteiger partial charge in [0, 0.05) is 16.5 Å². The second-order valence-corrected chi connectivity index (χ2v) is 12.5. The summed E-state index contributed by atoms with van der Waals surface area (Å²) in [5.74, 6) is -0.660. The van der Waals surface area contributed by atoms with Crippen molar-refractivity contribution in [2.75, 3.05) is 7.11 Å². The molecule has 0 bridgehead atoms. The van der Waals surface area contributed by atoms with Gasteiger partial charge in [0.2, 0.25) is 0 Å². The van der Waals surface area contributed by atoms with Gasteiger partial charge < -0.3 is 14.6 Å². The van der Waals surface area contributed by atoms with Crippen LogP contribution in [0.2, 0.25) is 0 Å². The molecule has 0 aromatic heterocycles. The monoisotopic (exact) mass is 546 g/mol. The van der Waals surface area contributed by atoms with Crippen molar-refractivity contribution in [3.63, 3.8) is 0 Å². The van der Waals surface area contributed by atoms with E-state index in [0.29, 0.717) is 34.6 Å². The number of benzene rings is 3. The lowest BCUT2D eigenvalue weighted by Crippen LogP contribution is -2.21. The number of methoxy groups -OCH3 is 1. The van der Waals surface area contributed by atoms with Crippen LogP contribution in [-0.4, -0.2) is 18.2 Å². The fraction of sp³-hybridized carbons (Fsp3) is 0.441. The average Bonchev–Trinajstić information content (AvgIpc) is 3.55. The van der Waals surface area contributed by atoms with E-state index in [4.69, 9.17) is 9.47 Å². The van der Waals surface area contributed by atoms with Gasteiger partial charge in [-0.3, -0.25) is 4.79 Å². The van der Waals surface area contributed by atoms with Crippen LogP contribution in [0.1, 0.15) is 80.5 Å². The van der Waals surface area contributed by atoms with Crippen LogP contribution in [0.5, 0.6) is 11.5 Å². The van der Waals surface area contributed by atoms with Gasteiger partial charge in [-0.15, -0.1) is 0 Å². The maximum absolute atomic E-state index is 15.7. The van der Waals surface area contributed by atoms with E-state index >= 15 is 8.78 Å². The van der Waals surface area contributed by atoms with Gasteiger partial charge in [0.1, 0.15) is 29.7 Å². The molecule has 3 aromatic carbocycles. The molecule has 0 radical (unpaired) electrons. The van der Waals surface area contributed by atoms with E-state index in [-0.39, 0.29) is 29.3 Å². The third-order valence-electron chi connectivity index (χ3n) is 9.77. The van der Waals surface area contributed by atoms with Crippen LogP contribution in [0, 0.1) is 23.0 Å². The minimum atomic E-state index is -0.740. The fourth-order valence-electron chi connectivity index (χ4n) is 7.43. The molecule has 6 heteroatoms. The van der Waals surface area contributed by atoms with E-state index in [1.54, 1.807) is 12.1 Å². The van der Waals surface area contributed by atoms with E-state index in [0.717, 1.165) is 49.7 Å². The minimum Gasteiger partial charge on any atom is -0.497 e. The first-order valence-corrected chi connectivity index (χ1v) is 14.3. The fourth-order valence-corrected chi connectivity index (χ4v) is 7.43. The van der Waals surface area contributed by atoms with Crippen LogP contribution in [0.3, 0.4) is 0 Å². The molecule has 0 unspecified atom stereocenters. The molecule has 2 saturated carbocycles. The third-order valence-corrected chi connectivity index (χ3v) is 9.77. The van der Waals surface area contributed by atoms with E-state index in [2.05, 4.69) is 13.8 Å². The molecule has 0 aliphatic heterocycles. The molecular formula is C34H36F2O4. The van der Waals surface area contributed by atoms with Crippen molar-refractivity contribution in [2.24, 2.45) is 11.3 Å². The number of aliphatic carboxylic acids is 1. The molecule has 2 fully saturated rings. The summed E-state index contributed by atoms with van der Waals surface area (Å²) in [6, 6.07) is 13.8. The number of halogens is 2. The molecule has 3 aromatic rings. The maximum atomic E-state index is 15.7. The van der Waals surface area contributed by atoms with Crippen LogP contribution in [0.15, 0.2) is 48.5 Å². The van der Waals surface area contributed by atoms with Crippen LogP contribution >= 0.6 is 0 Å². The summed E-state index contributed by atoms with van der Waals surface area (Å²) in [4.78, 5) is 11.7.